The van der Waals surface area contributed by atoms with E-state index >= 15 is 0 Å². The molecule has 0 atom stereocenters. The molecular formula is C19H32O2Si. The van der Waals surface area contributed by atoms with Crippen LogP contribution in [-0.4, -0.2) is 18.3 Å². The van der Waals surface area contributed by atoms with Gasteiger partial charge in [0.15, 0.2) is 0 Å². The van der Waals surface area contributed by atoms with E-state index in [9.17, 15) is 10.2 Å². The molecule has 1 aromatic carbocycles. The fraction of sp³-hybridized carbons (Fsp3) is 0.684. The number of aromatic hydroxyl groups is 2. The smallest absolute Gasteiger partial charge is 0.122 e. The molecule has 0 bridgehead atoms. The fourth-order valence-corrected chi connectivity index (χ4v) is 6.34. The number of hydrogen-bond acceptors (Lipinski definition) is 2. The monoisotopic (exact) mass is 320 g/mol. The number of rotatable bonds is 5. The molecule has 0 radical (unpaired) electrons. The maximum atomic E-state index is 10.6. The Morgan fingerprint density at radius 3 is 2.05 bits per heavy atom. The van der Waals surface area contributed by atoms with Crippen LogP contribution in [0.4, 0.5) is 0 Å². The molecule has 1 fully saturated rings. The van der Waals surface area contributed by atoms with E-state index in [2.05, 4.69) is 20.0 Å². The summed E-state index contributed by atoms with van der Waals surface area (Å²) in [5, 5.41) is 22.3. The van der Waals surface area contributed by atoms with Crippen molar-refractivity contribution < 1.29 is 10.2 Å². The molecule has 22 heavy (non-hydrogen) atoms. The summed E-state index contributed by atoms with van der Waals surface area (Å²) in [5.41, 5.74) is 0.811. The molecule has 0 saturated heterocycles. The summed E-state index contributed by atoms with van der Waals surface area (Å²) in [6.45, 7) is 6.89. The van der Waals surface area contributed by atoms with Crippen molar-refractivity contribution in [2.45, 2.75) is 83.3 Å². The second kappa shape index (κ2) is 7.54. The maximum absolute atomic E-state index is 10.6. The lowest BCUT2D eigenvalue weighted by Gasteiger charge is -2.25. The molecule has 0 heterocycles. The van der Waals surface area contributed by atoms with Gasteiger partial charge < -0.3 is 10.2 Å². The van der Waals surface area contributed by atoms with E-state index in [0.29, 0.717) is 17.4 Å². The van der Waals surface area contributed by atoms with Gasteiger partial charge in [0.25, 0.3) is 0 Å². The SMILES string of the molecule is CCCC[Si](C)(C)c1cc(O)c(C2CCCCCC2)c(O)c1. The number of benzene rings is 1. The molecule has 0 amide bonds. The molecule has 1 aromatic rings. The van der Waals surface area contributed by atoms with Gasteiger partial charge >= 0.3 is 0 Å². The molecule has 1 saturated carbocycles. The summed E-state index contributed by atoms with van der Waals surface area (Å²) in [7, 11) is -1.57. The second-order valence-corrected chi connectivity index (χ2v) is 12.4. The Balaban J connectivity index is 2.27. The van der Waals surface area contributed by atoms with Crippen molar-refractivity contribution >= 4 is 13.3 Å². The van der Waals surface area contributed by atoms with Crippen LogP contribution in [0.5, 0.6) is 11.5 Å². The number of phenols is 2. The van der Waals surface area contributed by atoms with Gasteiger partial charge in [-0.05, 0) is 30.9 Å². The molecule has 0 aromatic heterocycles. The molecule has 2 rings (SSSR count). The van der Waals surface area contributed by atoms with Crippen LogP contribution < -0.4 is 5.19 Å². The lowest BCUT2D eigenvalue weighted by atomic mass is 9.90. The van der Waals surface area contributed by atoms with Crippen LogP contribution in [0.15, 0.2) is 12.1 Å². The minimum Gasteiger partial charge on any atom is -0.508 e. The molecule has 1 aliphatic rings. The lowest BCUT2D eigenvalue weighted by Crippen LogP contribution is -2.41. The highest BCUT2D eigenvalue weighted by Crippen LogP contribution is 2.41. The van der Waals surface area contributed by atoms with Gasteiger partial charge in [-0.15, -0.1) is 0 Å². The topological polar surface area (TPSA) is 40.5 Å². The molecular weight excluding hydrogens is 288 g/mol. The van der Waals surface area contributed by atoms with Gasteiger partial charge in [0, 0.05) is 5.56 Å². The molecule has 1 aliphatic carbocycles. The van der Waals surface area contributed by atoms with Gasteiger partial charge in [-0.1, -0.05) is 69.8 Å². The van der Waals surface area contributed by atoms with Crippen LogP contribution in [0.3, 0.4) is 0 Å². The first-order chi connectivity index (χ1) is 10.5. The predicted molar refractivity (Wildman–Crippen MR) is 97.0 cm³/mol. The van der Waals surface area contributed by atoms with Crippen LogP contribution in [0.1, 0.15) is 69.8 Å². The number of phenolic OH excluding ortho intramolecular Hbond substituents is 2. The Kier molecular flexibility index (Phi) is 5.96. The van der Waals surface area contributed by atoms with Crippen molar-refractivity contribution in [3.8, 4) is 11.5 Å². The Morgan fingerprint density at radius 2 is 1.55 bits per heavy atom. The Labute approximate surface area is 136 Å². The van der Waals surface area contributed by atoms with E-state index in [4.69, 9.17) is 0 Å². The third kappa shape index (κ3) is 4.06. The number of hydrogen-bond donors (Lipinski definition) is 2. The average Bonchev–Trinajstić information content (AvgIpc) is 2.73. The third-order valence-corrected chi connectivity index (χ3v) is 8.79. The van der Waals surface area contributed by atoms with E-state index < -0.39 is 8.07 Å². The first kappa shape index (κ1) is 17.4. The first-order valence-corrected chi connectivity index (χ1v) is 12.2. The predicted octanol–water partition coefficient (Wildman–Crippen LogP) is 5.25. The molecule has 2 nitrogen and oxygen atoms in total. The van der Waals surface area contributed by atoms with Gasteiger partial charge in [-0.25, -0.2) is 0 Å². The highest BCUT2D eigenvalue weighted by atomic mass is 28.3. The Morgan fingerprint density at radius 1 is 1.00 bits per heavy atom. The molecule has 2 N–H and O–H groups in total. The van der Waals surface area contributed by atoms with Crippen molar-refractivity contribution in [2.75, 3.05) is 0 Å². The van der Waals surface area contributed by atoms with Crippen LogP contribution in [0.25, 0.3) is 0 Å². The highest BCUT2D eigenvalue weighted by molar-refractivity contribution is 6.89. The largest absolute Gasteiger partial charge is 0.508 e. The molecule has 3 heteroatoms. The van der Waals surface area contributed by atoms with Gasteiger partial charge in [0.05, 0.1) is 8.07 Å². The third-order valence-electron chi connectivity index (χ3n) is 5.34. The molecule has 0 aliphatic heterocycles. The minimum absolute atomic E-state index is 0.331. The van der Waals surface area contributed by atoms with E-state index in [1.807, 2.05) is 12.1 Å². The van der Waals surface area contributed by atoms with Gasteiger partial charge in [0.2, 0.25) is 0 Å². The summed E-state index contributed by atoms with van der Waals surface area (Å²) in [6, 6.07) is 5.13. The van der Waals surface area contributed by atoms with Crippen LogP contribution in [-0.2, 0) is 0 Å². The summed E-state index contributed by atoms with van der Waals surface area (Å²) in [6.07, 6.45) is 9.61. The van der Waals surface area contributed by atoms with E-state index in [1.165, 1.54) is 49.8 Å². The van der Waals surface area contributed by atoms with E-state index in [1.54, 1.807) is 0 Å². The molecule has 124 valence electrons. The van der Waals surface area contributed by atoms with Crippen LogP contribution >= 0.6 is 0 Å². The maximum Gasteiger partial charge on any atom is 0.122 e. The zero-order chi connectivity index (χ0) is 16.2. The van der Waals surface area contributed by atoms with E-state index in [0.717, 1.165) is 18.4 Å². The van der Waals surface area contributed by atoms with Crippen molar-refractivity contribution in [3.63, 3.8) is 0 Å². The first-order valence-electron chi connectivity index (χ1n) is 9.02. The Bertz CT molecular complexity index is 465. The quantitative estimate of drug-likeness (QED) is 0.574. The zero-order valence-corrected chi connectivity index (χ0v) is 15.5. The van der Waals surface area contributed by atoms with Gasteiger partial charge in [-0.2, -0.15) is 0 Å². The highest BCUT2D eigenvalue weighted by Gasteiger charge is 2.27. The summed E-state index contributed by atoms with van der Waals surface area (Å²) < 4.78 is 0. The van der Waals surface area contributed by atoms with Crippen molar-refractivity contribution in [3.05, 3.63) is 17.7 Å². The summed E-state index contributed by atoms with van der Waals surface area (Å²) >= 11 is 0. The fourth-order valence-electron chi connectivity index (χ4n) is 3.76. The number of unbranched alkanes of at least 4 members (excludes halogenated alkanes) is 1. The Hall–Kier alpha value is -0.963. The second-order valence-electron chi connectivity index (χ2n) is 7.60. The average molecular weight is 321 g/mol. The summed E-state index contributed by atoms with van der Waals surface area (Å²) in [4.78, 5) is 0. The lowest BCUT2D eigenvalue weighted by molar-refractivity contribution is 0.420. The van der Waals surface area contributed by atoms with Crippen molar-refractivity contribution in [1.29, 1.82) is 0 Å². The van der Waals surface area contributed by atoms with Crippen molar-refractivity contribution in [2.24, 2.45) is 0 Å². The van der Waals surface area contributed by atoms with Crippen LogP contribution in [0, 0.1) is 0 Å². The van der Waals surface area contributed by atoms with Crippen LogP contribution in [0.2, 0.25) is 19.1 Å². The van der Waals surface area contributed by atoms with Crippen molar-refractivity contribution in [1.82, 2.24) is 0 Å². The zero-order valence-electron chi connectivity index (χ0n) is 14.5. The summed E-state index contributed by atoms with van der Waals surface area (Å²) in [5.74, 6) is 0.995. The molecule has 0 unspecified atom stereocenters. The van der Waals surface area contributed by atoms with E-state index in [-0.39, 0.29) is 0 Å². The van der Waals surface area contributed by atoms with Gasteiger partial charge in [-0.3, -0.25) is 0 Å². The van der Waals surface area contributed by atoms with Gasteiger partial charge in [0.1, 0.15) is 11.5 Å². The normalized spacial score (nSPS) is 17.4. The minimum atomic E-state index is -1.57. The standard InChI is InChI=1S/C19H32O2Si/c1-4-5-12-22(2,3)16-13-17(20)19(18(21)14-16)15-10-8-6-7-9-11-15/h13-15,20-21H,4-12H2,1-3H3. The molecule has 0 spiro atoms.